The normalized spacial score (nSPS) is 15.9. The van der Waals surface area contributed by atoms with E-state index in [1.165, 1.54) is 13.8 Å². The van der Waals surface area contributed by atoms with Crippen LogP contribution in [0.15, 0.2) is 0 Å². The molecule has 0 rings (SSSR count). The Morgan fingerprint density at radius 2 is 2.30 bits per heavy atom. The van der Waals surface area contributed by atoms with Gasteiger partial charge in [0.1, 0.15) is 0 Å². The van der Waals surface area contributed by atoms with Gasteiger partial charge in [-0.15, -0.1) is 0 Å². The SMILES string of the molecule is CCP(=O)(O)ONC(C)=O. The fraction of sp³-hybridized carbons (Fsp3) is 0.750. The lowest BCUT2D eigenvalue weighted by Crippen LogP contribution is -2.18. The van der Waals surface area contributed by atoms with Crippen LogP contribution in [-0.2, 0) is 14.0 Å². The third-order valence-corrected chi connectivity index (χ3v) is 1.91. The van der Waals surface area contributed by atoms with Crippen LogP contribution in [0.5, 0.6) is 0 Å². The van der Waals surface area contributed by atoms with Gasteiger partial charge in [-0.3, -0.25) is 9.36 Å². The van der Waals surface area contributed by atoms with Crippen molar-refractivity contribution in [3.05, 3.63) is 0 Å². The number of hydrogen-bond donors (Lipinski definition) is 2. The maximum Gasteiger partial charge on any atom is 0.348 e. The number of hydroxylamine groups is 1. The van der Waals surface area contributed by atoms with E-state index in [1.807, 2.05) is 0 Å². The molecule has 0 saturated heterocycles. The Morgan fingerprint density at radius 1 is 1.80 bits per heavy atom. The zero-order chi connectivity index (χ0) is 8.20. The van der Waals surface area contributed by atoms with Gasteiger partial charge in [-0.2, -0.15) is 4.62 Å². The van der Waals surface area contributed by atoms with Crippen LogP contribution >= 0.6 is 7.60 Å². The number of carbonyl (C=O) groups excluding carboxylic acids is 1. The molecule has 0 aromatic heterocycles. The van der Waals surface area contributed by atoms with E-state index >= 15 is 0 Å². The van der Waals surface area contributed by atoms with Gasteiger partial charge in [-0.05, 0) is 0 Å². The minimum absolute atomic E-state index is 0.0206. The van der Waals surface area contributed by atoms with E-state index in [9.17, 15) is 9.36 Å². The highest BCUT2D eigenvalue weighted by Crippen LogP contribution is 2.39. The molecule has 0 spiro atoms. The lowest BCUT2D eigenvalue weighted by Gasteiger charge is -2.07. The fourth-order valence-electron chi connectivity index (χ4n) is 0.200. The molecule has 10 heavy (non-hydrogen) atoms. The highest BCUT2D eigenvalue weighted by molar-refractivity contribution is 7.52. The topological polar surface area (TPSA) is 75.6 Å². The Morgan fingerprint density at radius 3 is 2.60 bits per heavy atom. The number of nitrogens with one attached hydrogen (secondary N) is 1. The first-order valence-electron chi connectivity index (χ1n) is 2.75. The first kappa shape index (κ1) is 9.62. The van der Waals surface area contributed by atoms with E-state index in [-0.39, 0.29) is 6.16 Å². The zero-order valence-corrected chi connectivity index (χ0v) is 6.72. The average molecular weight is 167 g/mol. The molecule has 1 amide bonds. The molecule has 0 aromatic rings. The fourth-order valence-corrected chi connectivity index (χ4v) is 0.600. The Balaban J connectivity index is 3.68. The maximum absolute atomic E-state index is 10.6. The zero-order valence-electron chi connectivity index (χ0n) is 5.83. The summed E-state index contributed by atoms with van der Waals surface area (Å²) in [5, 5.41) is 0. The predicted octanol–water partition coefficient (Wildman–Crippen LogP) is 0.259. The number of hydrogen-bond acceptors (Lipinski definition) is 3. The van der Waals surface area contributed by atoms with Crippen LogP contribution in [0.25, 0.3) is 0 Å². The summed E-state index contributed by atoms with van der Waals surface area (Å²) >= 11 is 0. The second-order valence-corrected chi connectivity index (χ2v) is 3.79. The Kier molecular flexibility index (Phi) is 3.57. The predicted molar refractivity (Wildman–Crippen MR) is 35.3 cm³/mol. The number of carbonyl (C=O) groups is 1. The van der Waals surface area contributed by atoms with Crippen LogP contribution in [0.3, 0.4) is 0 Å². The average Bonchev–Trinajstić information content (AvgIpc) is 1.85. The van der Waals surface area contributed by atoms with Gasteiger partial charge in [-0.1, -0.05) is 6.92 Å². The summed E-state index contributed by atoms with van der Waals surface area (Å²) in [6, 6.07) is 0. The molecular formula is C4H10NO4P. The van der Waals surface area contributed by atoms with Crippen molar-refractivity contribution in [3.8, 4) is 0 Å². The lowest BCUT2D eigenvalue weighted by atomic mass is 10.8. The minimum atomic E-state index is -3.56. The van der Waals surface area contributed by atoms with Crippen molar-refractivity contribution in [1.82, 2.24) is 5.48 Å². The van der Waals surface area contributed by atoms with E-state index in [2.05, 4.69) is 4.62 Å². The highest BCUT2D eigenvalue weighted by atomic mass is 31.2. The molecule has 60 valence electrons. The number of amides is 1. The summed E-state index contributed by atoms with van der Waals surface area (Å²) in [5.41, 5.74) is 1.78. The third-order valence-electron chi connectivity index (χ3n) is 0.732. The Bertz CT molecular complexity index is 169. The van der Waals surface area contributed by atoms with Crippen LogP contribution in [0, 0.1) is 0 Å². The second-order valence-electron chi connectivity index (χ2n) is 1.70. The number of rotatable bonds is 3. The molecule has 1 atom stereocenters. The van der Waals surface area contributed by atoms with Crippen molar-refractivity contribution in [2.24, 2.45) is 0 Å². The van der Waals surface area contributed by atoms with Crippen LogP contribution in [0.1, 0.15) is 13.8 Å². The molecule has 0 radical (unpaired) electrons. The smallest absolute Gasteiger partial charge is 0.323 e. The first-order valence-corrected chi connectivity index (χ1v) is 4.51. The van der Waals surface area contributed by atoms with E-state index in [0.29, 0.717) is 0 Å². The molecule has 2 N–H and O–H groups in total. The van der Waals surface area contributed by atoms with Crippen molar-refractivity contribution in [3.63, 3.8) is 0 Å². The lowest BCUT2D eigenvalue weighted by molar-refractivity contribution is -0.125. The molecule has 0 fully saturated rings. The van der Waals surface area contributed by atoms with Crippen molar-refractivity contribution in [1.29, 1.82) is 0 Å². The largest absolute Gasteiger partial charge is 0.348 e. The highest BCUT2D eigenvalue weighted by Gasteiger charge is 2.16. The summed E-state index contributed by atoms with van der Waals surface area (Å²) in [6.45, 7) is 2.68. The van der Waals surface area contributed by atoms with Gasteiger partial charge >= 0.3 is 7.60 Å². The molecule has 1 unspecified atom stereocenters. The van der Waals surface area contributed by atoms with Gasteiger partial charge in [0.25, 0.3) is 0 Å². The maximum atomic E-state index is 10.6. The van der Waals surface area contributed by atoms with E-state index in [1.54, 1.807) is 5.48 Å². The van der Waals surface area contributed by atoms with Gasteiger partial charge in [-0.25, -0.2) is 5.48 Å². The molecule has 0 aromatic carbocycles. The Hall–Kier alpha value is -0.380. The van der Waals surface area contributed by atoms with Gasteiger partial charge in [0.2, 0.25) is 5.91 Å². The van der Waals surface area contributed by atoms with E-state index < -0.39 is 13.5 Å². The molecule has 0 aliphatic rings. The second kappa shape index (κ2) is 3.71. The standard InChI is InChI=1S/C4H10NO4P/c1-3-10(7,8)9-5-4(2)6/h3H2,1-2H3,(H,5,6)(H,7,8). The molecule has 0 aliphatic carbocycles. The summed E-state index contributed by atoms with van der Waals surface area (Å²) in [7, 11) is -3.56. The van der Waals surface area contributed by atoms with Crippen LogP contribution in [-0.4, -0.2) is 17.0 Å². The molecule has 5 nitrogen and oxygen atoms in total. The summed E-state index contributed by atoms with van der Waals surface area (Å²) in [6.07, 6.45) is -0.0206. The molecule has 0 aliphatic heterocycles. The monoisotopic (exact) mass is 167 g/mol. The van der Waals surface area contributed by atoms with Crippen LogP contribution < -0.4 is 5.48 Å². The quantitative estimate of drug-likeness (QED) is 0.467. The van der Waals surface area contributed by atoms with E-state index in [0.717, 1.165) is 0 Å². The van der Waals surface area contributed by atoms with Gasteiger partial charge in [0, 0.05) is 13.1 Å². The van der Waals surface area contributed by atoms with Crippen molar-refractivity contribution >= 4 is 13.5 Å². The molecule has 0 saturated carbocycles. The summed E-state index contributed by atoms with van der Waals surface area (Å²) in [4.78, 5) is 18.8. The van der Waals surface area contributed by atoms with Gasteiger partial charge in [0.05, 0.1) is 0 Å². The summed E-state index contributed by atoms with van der Waals surface area (Å²) < 4.78 is 14.8. The molecule has 0 heterocycles. The molecular weight excluding hydrogens is 157 g/mol. The van der Waals surface area contributed by atoms with Gasteiger partial charge < -0.3 is 4.89 Å². The summed E-state index contributed by atoms with van der Waals surface area (Å²) in [5.74, 6) is -0.497. The first-order chi connectivity index (χ1) is 4.48. The Labute approximate surface area is 58.9 Å². The minimum Gasteiger partial charge on any atom is -0.323 e. The van der Waals surface area contributed by atoms with Crippen molar-refractivity contribution in [2.75, 3.05) is 6.16 Å². The molecule has 0 bridgehead atoms. The van der Waals surface area contributed by atoms with Gasteiger partial charge in [0.15, 0.2) is 0 Å². The van der Waals surface area contributed by atoms with Crippen molar-refractivity contribution < 1.29 is 18.9 Å². The molecule has 6 heteroatoms. The van der Waals surface area contributed by atoms with Crippen molar-refractivity contribution in [2.45, 2.75) is 13.8 Å². The van der Waals surface area contributed by atoms with E-state index in [4.69, 9.17) is 4.89 Å². The third kappa shape index (κ3) is 4.49. The van der Waals surface area contributed by atoms with Crippen LogP contribution in [0.4, 0.5) is 0 Å². The van der Waals surface area contributed by atoms with Crippen LogP contribution in [0.2, 0.25) is 0 Å².